The van der Waals surface area contributed by atoms with Gasteiger partial charge in [-0.25, -0.2) is 9.38 Å². The van der Waals surface area contributed by atoms with E-state index in [1.807, 2.05) is 62.4 Å². The van der Waals surface area contributed by atoms with Crippen LogP contribution >= 0.6 is 11.6 Å². The third-order valence-corrected chi connectivity index (χ3v) is 5.88. The van der Waals surface area contributed by atoms with Crippen LogP contribution in [0.1, 0.15) is 36.5 Å². The molecule has 0 bridgehead atoms. The van der Waals surface area contributed by atoms with Gasteiger partial charge in [-0.1, -0.05) is 47.1 Å². The van der Waals surface area contributed by atoms with Gasteiger partial charge >= 0.3 is 0 Å². The molecule has 0 saturated heterocycles. The first-order valence-electron chi connectivity index (χ1n) is 11.5. The van der Waals surface area contributed by atoms with E-state index in [9.17, 15) is 9.30 Å². The molecule has 2 unspecified atom stereocenters. The smallest absolute Gasteiger partial charge is 0.218 e. The Morgan fingerprint density at radius 1 is 1.11 bits per heavy atom. The molecule has 182 valence electrons. The van der Waals surface area contributed by atoms with Crippen molar-refractivity contribution in [1.82, 2.24) is 0 Å². The zero-order valence-corrected chi connectivity index (χ0v) is 20.3. The van der Waals surface area contributed by atoms with E-state index in [0.29, 0.717) is 23.0 Å². The highest BCUT2D eigenvalue weighted by Gasteiger charge is 2.32. The van der Waals surface area contributed by atoms with Crippen molar-refractivity contribution < 1.29 is 13.9 Å². The first-order valence-corrected chi connectivity index (χ1v) is 11.9. The van der Waals surface area contributed by atoms with E-state index in [-0.39, 0.29) is 30.9 Å². The van der Waals surface area contributed by atoms with Crippen molar-refractivity contribution in [2.75, 3.05) is 18.5 Å². The minimum Gasteiger partial charge on any atom is -0.488 e. The number of nitroso groups, excluding NO2 is 1. The molecular weight excluding hydrogens is 469 g/mol. The molecule has 0 radical (unpaired) electrons. The van der Waals surface area contributed by atoms with Crippen LogP contribution in [0, 0.1) is 10.7 Å². The van der Waals surface area contributed by atoms with Crippen LogP contribution in [0.2, 0.25) is 5.02 Å². The van der Waals surface area contributed by atoms with E-state index in [1.165, 1.54) is 6.07 Å². The third kappa shape index (κ3) is 6.17. The summed E-state index contributed by atoms with van der Waals surface area (Å²) >= 11 is 6.08. The molecular formula is C27H27ClFN3O3. The van der Waals surface area contributed by atoms with E-state index in [1.54, 1.807) is 12.1 Å². The van der Waals surface area contributed by atoms with E-state index < -0.39 is 12.0 Å². The van der Waals surface area contributed by atoms with E-state index in [2.05, 4.69) is 10.5 Å². The molecule has 8 heteroatoms. The fourth-order valence-electron chi connectivity index (χ4n) is 4.11. The van der Waals surface area contributed by atoms with Crippen LogP contribution in [-0.2, 0) is 11.2 Å². The average molecular weight is 496 g/mol. The zero-order chi connectivity index (χ0) is 24.8. The summed E-state index contributed by atoms with van der Waals surface area (Å²) in [6.45, 7) is 3.85. The Kier molecular flexibility index (Phi) is 7.98. The molecule has 1 aliphatic rings. The molecule has 0 aliphatic carbocycles. The summed E-state index contributed by atoms with van der Waals surface area (Å²) in [6, 6.07) is 20.4. The molecule has 0 aromatic heterocycles. The minimum atomic E-state index is -0.452. The Balaban J connectivity index is 1.68. The van der Waals surface area contributed by atoms with Gasteiger partial charge in [-0.2, -0.15) is 4.91 Å². The van der Waals surface area contributed by atoms with Gasteiger partial charge in [-0.05, 0) is 61.7 Å². The van der Waals surface area contributed by atoms with Crippen molar-refractivity contribution in [3.05, 3.63) is 99.2 Å². The first-order chi connectivity index (χ1) is 16.9. The van der Waals surface area contributed by atoms with E-state index >= 15 is 0 Å². The summed E-state index contributed by atoms with van der Waals surface area (Å²) in [7, 11) is 0. The summed E-state index contributed by atoms with van der Waals surface area (Å²) in [5.41, 5.74) is 3.57. The number of anilines is 1. The van der Waals surface area contributed by atoms with Crippen molar-refractivity contribution >= 4 is 23.2 Å². The van der Waals surface area contributed by atoms with Crippen LogP contribution in [0.15, 0.2) is 76.9 Å². The standard InChI is InChI=1S/C27H27ClFN3O3/c1-17(2)35-25-12-11-20(16-24(25)29)31-26-23(15-18-7-9-19(28)10-8-18)21-5-3-4-6-22(21)27(32-26)34-14-13-30-33/h3-12,16-17,23,26,31H,13-15H2,1-2H3. The topological polar surface area (TPSA) is 72.3 Å². The maximum atomic E-state index is 14.7. The number of ether oxygens (including phenoxy) is 2. The Morgan fingerprint density at radius 3 is 2.60 bits per heavy atom. The highest BCUT2D eigenvalue weighted by atomic mass is 35.5. The van der Waals surface area contributed by atoms with Gasteiger partial charge in [0.2, 0.25) is 5.90 Å². The van der Waals surface area contributed by atoms with Gasteiger partial charge in [0.15, 0.2) is 11.6 Å². The third-order valence-electron chi connectivity index (χ3n) is 5.63. The number of fused-ring (bicyclic) bond motifs is 1. The first kappa shape index (κ1) is 24.7. The molecule has 35 heavy (non-hydrogen) atoms. The lowest BCUT2D eigenvalue weighted by molar-refractivity contribution is 0.231. The summed E-state index contributed by atoms with van der Waals surface area (Å²) in [6.07, 6.45) is 0.0957. The Labute approximate surface area is 209 Å². The Morgan fingerprint density at radius 2 is 1.89 bits per heavy atom. The Hall–Kier alpha value is -3.45. The van der Waals surface area contributed by atoms with Gasteiger partial charge in [0, 0.05) is 28.3 Å². The second-order valence-corrected chi connectivity index (χ2v) is 9.00. The van der Waals surface area contributed by atoms with Crippen molar-refractivity contribution in [2.24, 2.45) is 10.2 Å². The van der Waals surface area contributed by atoms with Crippen LogP contribution in [0.25, 0.3) is 0 Å². The quantitative estimate of drug-likeness (QED) is 0.269. The predicted molar refractivity (Wildman–Crippen MR) is 137 cm³/mol. The summed E-state index contributed by atoms with van der Waals surface area (Å²) < 4.78 is 26.0. The lowest BCUT2D eigenvalue weighted by Crippen LogP contribution is -2.34. The summed E-state index contributed by atoms with van der Waals surface area (Å²) in [5.74, 6) is 0.103. The van der Waals surface area contributed by atoms with Crippen LogP contribution in [0.5, 0.6) is 5.75 Å². The fraction of sp³-hybridized carbons (Fsp3) is 0.296. The van der Waals surface area contributed by atoms with Crippen molar-refractivity contribution in [3.8, 4) is 5.75 Å². The number of benzene rings is 3. The average Bonchev–Trinajstić information content (AvgIpc) is 2.84. The minimum absolute atomic E-state index is 0.0238. The predicted octanol–water partition coefficient (Wildman–Crippen LogP) is 6.57. The molecule has 3 aromatic carbocycles. The largest absolute Gasteiger partial charge is 0.488 e. The molecule has 2 atom stereocenters. The number of hydrogen-bond donors (Lipinski definition) is 1. The molecule has 4 rings (SSSR count). The van der Waals surface area contributed by atoms with E-state index in [4.69, 9.17) is 26.1 Å². The molecule has 1 N–H and O–H groups in total. The Bertz CT molecular complexity index is 1200. The monoisotopic (exact) mass is 495 g/mol. The van der Waals surface area contributed by atoms with Crippen molar-refractivity contribution in [1.29, 1.82) is 0 Å². The summed E-state index contributed by atoms with van der Waals surface area (Å²) in [5, 5.41) is 6.91. The van der Waals surface area contributed by atoms with Gasteiger partial charge in [-0.3, -0.25) is 0 Å². The fourth-order valence-corrected chi connectivity index (χ4v) is 4.23. The van der Waals surface area contributed by atoms with Gasteiger partial charge in [0.1, 0.15) is 19.3 Å². The van der Waals surface area contributed by atoms with Crippen molar-refractivity contribution in [3.63, 3.8) is 0 Å². The van der Waals surface area contributed by atoms with Gasteiger partial charge < -0.3 is 14.8 Å². The number of nitrogens with zero attached hydrogens (tertiary/aromatic N) is 2. The molecule has 0 saturated carbocycles. The number of rotatable bonds is 9. The number of aliphatic imine (C=N–C) groups is 1. The molecule has 1 heterocycles. The van der Waals surface area contributed by atoms with Crippen LogP contribution in [0.3, 0.4) is 0 Å². The second-order valence-electron chi connectivity index (χ2n) is 8.56. The SMILES string of the molecule is CC(C)Oc1ccc(NC2N=C(OCCN=O)c3ccccc3C2Cc2ccc(Cl)cc2)cc1F. The maximum Gasteiger partial charge on any atom is 0.218 e. The summed E-state index contributed by atoms with van der Waals surface area (Å²) in [4.78, 5) is 15.4. The van der Waals surface area contributed by atoms with Gasteiger partial charge in [0.05, 0.1) is 6.10 Å². The lowest BCUT2D eigenvalue weighted by Gasteiger charge is -2.32. The molecule has 0 spiro atoms. The van der Waals surface area contributed by atoms with Crippen LogP contribution in [-0.4, -0.2) is 31.3 Å². The number of halogens is 2. The van der Waals surface area contributed by atoms with E-state index in [0.717, 1.165) is 16.7 Å². The van der Waals surface area contributed by atoms with Crippen LogP contribution in [0.4, 0.5) is 10.1 Å². The highest BCUT2D eigenvalue weighted by molar-refractivity contribution is 6.30. The lowest BCUT2D eigenvalue weighted by atomic mass is 9.84. The van der Waals surface area contributed by atoms with Crippen LogP contribution < -0.4 is 10.1 Å². The zero-order valence-electron chi connectivity index (χ0n) is 19.6. The normalized spacial score (nSPS) is 16.9. The molecule has 6 nitrogen and oxygen atoms in total. The van der Waals surface area contributed by atoms with Gasteiger partial charge in [0.25, 0.3) is 0 Å². The molecule has 0 amide bonds. The van der Waals surface area contributed by atoms with Gasteiger partial charge in [-0.15, -0.1) is 0 Å². The number of hydrogen-bond acceptors (Lipinski definition) is 6. The molecule has 1 aliphatic heterocycles. The maximum absolute atomic E-state index is 14.7. The molecule has 0 fully saturated rings. The number of nitrogens with one attached hydrogen (secondary N) is 1. The second kappa shape index (κ2) is 11.3. The highest BCUT2D eigenvalue weighted by Crippen LogP contribution is 2.35. The molecule has 3 aromatic rings. The van der Waals surface area contributed by atoms with Crippen molar-refractivity contribution in [2.45, 2.75) is 38.5 Å².